The second-order valence-electron chi connectivity index (χ2n) is 6.09. The average Bonchev–Trinajstić information content (AvgIpc) is 2.64. The van der Waals surface area contributed by atoms with Gasteiger partial charge in [-0.05, 0) is 31.9 Å². The fourth-order valence-electron chi connectivity index (χ4n) is 2.53. The number of nitrogen functional groups attached to an aromatic ring is 1. The van der Waals surface area contributed by atoms with E-state index >= 15 is 0 Å². The number of amides is 2. The molecule has 2 aromatic rings. The van der Waals surface area contributed by atoms with Crippen molar-refractivity contribution in [2.75, 3.05) is 23.0 Å². The van der Waals surface area contributed by atoms with E-state index in [1.807, 2.05) is 19.1 Å². The van der Waals surface area contributed by atoms with E-state index in [-0.39, 0.29) is 11.8 Å². The molecule has 1 aromatic heterocycles. The number of rotatable bonds is 10. The predicted octanol–water partition coefficient (Wildman–Crippen LogP) is 3.59. The number of aromatic nitrogens is 1. The molecule has 0 fully saturated rings. The summed E-state index contributed by atoms with van der Waals surface area (Å²) in [6.07, 6.45) is 6.20. The molecule has 7 heteroatoms. The standard InChI is InChI=1S/C20H26N4O3/c1-2-27-16-12-15(13-22-14-16)23-19(25)10-4-3-5-11-20(26)24-18-9-7-6-8-17(18)21/h6-9,12-14H,2-5,10-11,21H2,1H3,(H,23,25)(H,24,26). The molecule has 0 aliphatic heterocycles. The number of nitrogens with zero attached hydrogens (tertiary/aromatic N) is 1. The zero-order valence-corrected chi connectivity index (χ0v) is 15.5. The molecule has 27 heavy (non-hydrogen) atoms. The molecule has 144 valence electrons. The number of hydrogen-bond acceptors (Lipinski definition) is 5. The molecule has 0 saturated carbocycles. The van der Waals surface area contributed by atoms with E-state index in [4.69, 9.17) is 10.5 Å². The lowest BCUT2D eigenvalue weighted by atomic mass is 10.1. The fourth-order valence-corrected chi connectivity index (χ4v) is 2.53. The van der Waals surface area contributed by atoms with Crippen LogP contribution in [0.2, 0.25) is 0 Å². The molecule has 1 aromatic carbocycles. The number of para-hydroxylation sites is 2. The zero-order chi connectivity index (χ0) is 19.5. The van der Waals surface area contributed by atoms with Gasteiger partial charge in [-0.1, -0.05) is 18.6 Å². The minimum atomic E-state index is -0.0769. The Hall–Kier alpha value is -3.09. The summed E-state index contributed by atoms with van der Waals surface area (Å²) in [4.78, 5) is 27.9. The summed E-state index contributed by atoms with van der Waals surface area (Å²) in [6, 6.07) is 8.90. The Morgan fingerprint density at radius 1 is 1.04 bits per heavy atom. The maximum absolute atomic E-state index is 12.0. The van der Waals surface area contributed by atoms with Crippen molar-refractivity contribution in [1.82, 2.24) is 4.98 Å². The van der Waals surface area contributed by atoms with Gasteiger partial charge in [0.2, 0.25) is 11.8 Å². The Morgan fingerprint density at radius 3 is 2.44 bits per heavy atom. The van der Waals surface area contributed by atoms with E-state index in [1.54, 1.807) is 30.6 Å². The van der Waals surface area contributed by atoms with Gasteiger partial charge in [-0.15, -0.1) is 0 Å². The summed E-state index contributed by atoms with van der Waals surface area (Å²) >= 11 is 0. The number of benzene rings is 1. The first-order valence-corrected chi connectivity index (χ1v) is 9.10. The van der Waals surface area contributed by atoms with Crippen molar-refractivity contribution in [2.24, 2.45) is 0 Å². The third kappa shape index (κ3) is 7.35. The highest BCUT2D eigenvalue weighted by molar-refractivity contribution is 5.93. The van der Waals surface area contributed by atoms with Crippen LogP contribution in [0.25, 0.3) is 0 Å². The number of nitrogens with one attached hydrogen (secondary N) is 2. The first-order valence-electron chi connectivity index (χ1n) is 9.10. The fraction of sp³-hybridized carbons (Fsp3) is 0.350. The number of ether oxygens (including phenoxy) is 1. The van der Waals surface area contributed by atoms with E-state index in [1.165, 1.54) is 0 Å². The van der Waals surface area contributed by atoms with Crippen LogP contribution in [0.1, 0.15) is 39.0 Å². The van der Waals surface area contributed by atoms with Gasteiger partial charge in [-0.2, -0.15) is 0 Å². The largest absolute Gasteiger partial charge is 0.492 e. The van der Waals surface area contributed by atoms with Crippen molar-refractivity contribution >= 4 is 28.9 Å². The summed E-state index contributed by atoms with van der Waals surface area (Å²) < 4.78 is 5.35. The molecule has 0 radical (unpaired) electrons. The maximum atomic E-state index is 12.0. The van der Waals surface area contributed by atoms with Crippen LogP contribution >= 0.6 is 0 Å². The van der Waals surface area contributed by atoms with Crippen LogP contribution in [-0.2, 0) is 9.59 Å². The summed E-state index contributed by atoms with van der Waals surface area (Å²) in [5, 5.41) is 5.60. The molecule has 0 aliphatic rings. The van der Waals surface area contributed by atoms with Crippen molar-refractivity contribution in [1.29, 1.82) is 0 Å². The number of carbonyl (C=O) groups excluding carboxylic acids is 2. The third-order valence-electron chi connectivity index (χ3n) is 3.85. The molecule has 0 atom stereocenters. The molecular weight excluding hydrogens is 344 g/mol. The van der Waals surface area contributed by atoms with Crippen LogP contribution in [-0.4, -0.2) is 23.4 Å². The number of nitrogens with two attached hydrogens (primary N) is 1. The average molecular weight is 370 g/mol. The van der Waals surface area contributed by atoms with Crippen molar-refractivity contribution in [3.05, 3.63) is 42.7 Å². The SMILES string of the molecule is CCOc1cncc(NC(=O)CCCCCC(=O)Nc2ccccc2N)c1. The lowest BCUT2D eigenvalue weighted by molar-refractivity contribution is -0.116. The van der Waals surface area contributed by atoms with E-state index < -0.39 is 0 Å². The molecule has 2 amide bonds. The van der Waals surface area contributed by atoms with Gasteiger partial charge in [-0.3, -0.25) is 14.6 Å². The smallest absolute Gasteiger partial charge is 0.224 e. The minimum absolute atomic E-state index is 0.0730. The highest BCUT2D eigenvalue weighted by atomic mass is 16.5. The van der Waals surface area contributed by atoms with Crippen molar-refractivity contribution in [3.8, 4) is 5.75 Å². The normalized spacial score (nSPS) is 10.3. The molecule has 1 heterocycles. The third-order valence-corrected chi connectivity index (χ3v) is 3.85. The van der Waals surface area contributed by atoms with Crippen LogP contribution in [0.4, 0.5) is 17.1 Å². The van der Waals surface area contributed by atoms with Gasteiger partial charge in [0.25, 0.3) is 0 Å². The number of unbranched alkanes of at least 4 members (excludes halogenated alkanes) is 2. The lowest BCUT2D eigenvalue weighted by Gasteiger charge is -2.08. The minimum Gasteiger partial charge on any atom is -0.492 e. The monoisotopic (exact) mass is 370 g/mol. The molecule has 0 saturated heterocycles. The maximum Gasteiger partial charge on any atom is 0.224 e. The van der Waals surface area contributed by atoms with Crippen LogP contribution in [0.5, 0.6) is 5.75 Å². The van der Waals surface area contributed by atoms with Crippen LogP contribution in [0.3, 0.4) is 0 Å². The zero-order valence-electron chi connectivity index (χ0n) is 15.5. The number of hydrogen-bond donors (Lipinski definition) is 3. The van der Waals surface area contributed by atoms with Crippen LogP contribution in [0.15, 0.2) is 42.7 Å². The Labute approximate surface area is 159 Å². The predicted molar refractivity (Wildman–Crippen MR) is 107 cm³/mol. The van der Waals surface area contributed by atoms with Crippen molar-refractivity contribution in [2.45, 2.75) is 39.0 Å². The summed E-state index contributed by atoms with van der Waals surface area (Å²) in [7, 11) is 0. The quantitative estimate of drug-likeness (QED) is 0.438. The molecular formula is C20H26N4O3. The van der Waals surface area contributed by atoms with Gasteiger partial charge in [-0.25, -0.2) is 0 Å². The first kappa shape index (κ1) is 20.2. The molecule has 7 nitrogen and oxygen atoms in total. The van der Waals surface area contributed by atoms with Gasteiger partial charge < -0.3 is 21.1 Å². The summed E-state index contributed by atoms with van der Waals surface area (Å²) in [5.41, 5.74) is 7.59. The molecule has 0 aliphatic carbocycles. The van der Waals surface area contributed by atoms with E-state index in [9.17, 15) is 9.59 Å². The topological polar surface area (TPSA) is 106 Å². The van der Waals surface area contributed by atoms with Crippen LogP contribution < -0.4 is 21.1 Å². The number of anilines is 3. The van der Waals surface area contributed by atoms with Crippen LogP contribution in [0, 0.1) is 0 Å². The highest BCUT2D eigenvalue weighted by Gasteiger charge is 2.06. The number of pyridine rings is 1. The molecule has 0 unspecified atom stereocenters. The van der Waals surface area contributed by atoms with Gasteiger partial charge in [0, 0.05) is 18.9 Å². The molecule has 0 spiro atoms. The van der Waals surface area contributed by atoms with Crippen molar-refractivity contribution < 1.29 is 14.3 Å². The Bertz CT molecular complexity index is 764. The molecule has 0 bridgehead atoms. The van der Waals surface area contributed by atoms with E-state index in [0.717, 1.165) is 6.42 Å². The van der Waals surface area contributed by atoms with Gasteiger partial charge in [0.1, 0.15) is 5.75 Å². The van der Waals surface area contributed by atoms with Gasteiger partial charge >= 0.3 is 0 Å². The second kappa shape index (κ2) is 10.8. The van der Waals surface area contributed by atoms with Gasteiger partial charge in [0.05, 0.1) is 36.1 Å². The Morgan fingerprint density at radius 2 is 1.74 bits per heavy atom. The summed E-state index contributed by atoms with van der Waals surface area (Å²) in [6.45, 7) is 2.43. The second-order valence-corrected chi connectivity index (χ2v) is 6.09. The molecule has 4 N–H and O–H groups in total. The Balaban J connectivity index is 1.62. The Kier molecular flexibility index (Phi) is 8.09. The first-order chi connectivity index (χ1) is 13.1. The number of carbonyl (C=O) groups is 2. The van der Waals surface area contributed by atoms with E-state index in [0.29, 0.717) is 55.1 Å². The lowest BCUT2D eigenvalue weighted by Crippen LogP contribution is -2.13. The van der Waals surface area contributed by atoms with Gasteiger partial charge in [0.15, 0.2) is 0 Å². The molecule has 2 rings (SSSR count). The van der Waals surface area contributed by atoms with Crippen molar-refractivity contribution in [3.63, 3.8) is 0 Å². The van der Waals surface area contributed by atoms with E-state index in [2.05, 4.69) is 15.6 Å². The summed E-state index contributed by atoms with van der Waals surface area (Å²) in [5.74, 6) is 0.475. The highest BCUT2D eigenvalue weighted by Crippen LogP contribution is 2.18.